The largest absolute Gasteiger partial charge is 0.497 e. The van der Waals surface area contributed by atoms with Crippen LogP contribution in [0.25, 0.3) is 0 Å². The molecule has 0 unspecified atom stereocenters. The second-order valence-electron chi connectivity index (χ2n) is 5.79. The minimum absolute atomic E-state index is 0.0800. The first-order valence-corrected chi connectivity index (χ1v) is 8.72. The molecule has 2 aromatic rings. The molecule has 2 rings (SSSR count). The summed E-state index contributed by atoms with van der Waals surface area (Å²) >= 11 is 0. The second-order valence-corrected chi connectivity index (χ2v) is 5.79. The molecular formula is C20H25F2N3O2. The zero-order chi connectivity index (χ0) is 19.5. The van der Waals surface area contributed by atoms with E-state index in [2.05, 4.69) is 32.5 Å². The van der Waals surface area contributed by atoms with E-state index in [1.165, 1.54) is 18.7 Å². The number of alkyl halides is 2. The number of rotatable bonds is 9. The summed E-state index contributed by atoms with van der Waals surface area (Å²) in [6.07, 6.45) is 1.92. The van der Waals surface area contributed by atoms with Crippen molar-refractivity contribution in [2.75, 3.05) is 20.7 Å². The molecule has 0 bridgehead atoms. The van der Waals surface area contributed by atoms with Crippen molar-refractivity contribution >= 4 is 5.96 Å². The summed E-state index contributed by atoms with van der Waals surface area (Å²) in [5.41, 5.74) is 1.87. The molecule has 146 valence electrons. The minimum atomic E-state index is -2.90. The molecule has 2 aromatic carbocycles. The number of methoxy groups -OCH3 is 1. The number of aliphatic imine (C=N–C) groups is 1. The Morgan fingerprint density at radius 3 is 2.56 bits per heavy atom. The van der Waals surface area contributed by atoms with E-state index >= 15 is 0 Å². The van der Waals surface area contributed by atoms with Crippen LogP contribution in [0, 0.1) is 0 Å². The molecule has 0 spiro atoms. The second kappa shape index (κ2) is 11.0. The number of guanidine groups is 1. The molecule has 5 nitrogen and oxygen atoms in total. The first-order chi connectivity index (χ1) is 13.1. The number of nitrogens with one attached hydrogen (secondary N) is 2. The van der Waals surface area contributed by atoms with Gasteiger partial charge in [0.1, 0.15) is 11.5 Å². The lowest BCUT2D eigenvalue weighted by Crippen LogP contribution is -2.37. The molecule has 2 N–H and O–H groups in total. The molecule has 7 heteroatoms. The normalized spacial score (nSPS) is 11.4. The summed E-state index contributed by atoms with van der Waals surface area (Å²) in [7, 11) is 3.14. The van der Waals surface area contributed by atoms with Gasteiger partial charge in [0.05, 0.1) is 7.11 Å². The highest BCUT2D eigenvalue weighted by Gasteiger charge is 2.11. The Kier molecular flexibility index (Phi) is 8.35. The van der Waals surface area contributed by atoms with Crippen LogP contribution in [-0.2, 0) is 13.0 Å². The number of hydrogen-bond donors (Lipinski definition) is 2. The lowest BCUT2D eigenvalue weighted by atomic mass is 10.1. The molecular weight excluding hydrogens is 352 g/mol. The first-order valence-electron chi connectivity index (χ1n) is 8.72. The Balaban J connectivity index is 1.84. The van der Waals surface area contributed by atoms with Crippen LogP contribution in [-0.4, -0.2) is 33.3 Å². The average molecular weight is 377 g/mol. The molecule has 0 aliphatic heterocycles. The van der Waals surface area contributed by atoms with Gasteiger partial charge >= 0.3 is 6.61 Å². The van der Waals surface area contributed by atoms with Gasteiger partial charge in [-0.15, -0.1) is 0 Å². The van der Waals surface area contributed by atoms with E-state index in [-0.39, 0.29) is 5.75 Å². The third kappa shape index (κ3) is 7.13. The minimum Gasteiger partial charge on any atom is -0.497 e. The summed E-state index contributed by atoms with van der Waals surface area (Å²) in [6.45, 7) is -1.85. The SMILES string of the molecule is CN=C(NCCCc1ccccc1)NCc1ccc(OC)cc1OC(F)F. The van der Waals surface area contributed by atoms with Crippen molar-refractivity contribution in [3.05, 3.63) is 59.7 Å². The molecule has 0 heterocycles. The molecule has 0 aliphatic carbocycles. The van der Waals surface area contributed by atoms with Crippen molar-refractivity contribution in [2.45, 2.75) is 26.0 Å². The molecule has 27 heavy (non-hydrogen) atoms. The van der Waals surface area contributed by atoms with E-state index in [9.17, 15) is 8.78 Å². The maximum absolute atomic E-state index is 12.6. The zero-order valence-corrected chi connectivity index (χ0v) is 15.5. The first kappa shape index (κ1) is 20.5. The van der Waals surface area contributed by atoms with Crippen molar-refractivity contribution in [3.63, 3.8) is 0 Å². The maximum atomic E-state index is 12.6. The Labute approximate surface area is 158 Å². The van der Waals surface area contributed by atoms with Gasteiger partial charge in [-0.05, 0) is 30.5 Å². The number of benzene rings is 2. The van der Waals surface area contributed by atoms with Gasteiger partial charge in [-0.25, -0.2) is 0 Å². The fraction of sp³-hybridized carbons (Fsp3) is 0.350. The van der Waals surface area contributed by atoms with Crippen LogP contribution in [0.5, 0.6) is 11.5 Å². The Bertz CT molecular complexity index is 724. The van der Waals surface area contributed by atoms with E-state index in [0.717, 1.165) is 19.4 Å². The van der Waals surface area contributed by atoms with Gasteiger partial charge in [0, 0.05) is 31.8 Å². The third-order valence-electron chi connectivity index (χ3n) is 3.94. The zero-order valence-electron chi connectivity index (χ0n) is 15.5. The van der Waals surface area contributed by atoms with Crippen molar-refractivity contribution in [1.82, 2.24) is 10.6 Å². The highest BCUT2D eigenvalue weighted by Crippen LogP contribution is 2.26. The average Bonchev–Trinajstić information content (AvgIpc) is 2.68. The highest BCUT2D eigenvalue weighted by molar-refractivity contribution is 5.79. The number of hydrogen-bond acceptors (Lipinski definition) is 3. The van der Waals surface area contributed by atoms with E-state index in [0.29, 0.717) is 23.8 Å². The van der Waals surface area contributed by atoms with Crippen molar-refractivity contribution in [2.24, 2.45) is 4.99 Å². The van der Waals surface area contributed by atoms with Gasteiger partial charge < -0.3 is 20.1 Å². The quantitative estimate of drug-likeness (QED) is 0.398. The molecule has 0 saturated heterocycles. The summed E-state index contributed by atoms with van der Waals surface area (Å²) in [6, 6.07) is 15.1. The van der Waals surface area contributed by atoms with E-state index in [1.807, 2.05) is 18.2 Å². The van der Waals surface area contributed by atoms with Crippen molar-refractivity contribution < 1.29 is 18.3 Å². The number of nitrogens with zero attached hydrogens (tertiary/aromatic N) is 1. The van der Waals surface area contributed by atoms with Gasteiger partial charge in [-0.2, -0.15) is 8.78 Å². The van der Waals surface area contributed by atoms with E-state index < -0.39 is 6.61 Å². The number of ether oxygens (including phenoxy) is 2. The Morgan fingerprint density at radius 1 is 1.11 bits per heavy atom. The highest BCUT2D eigenvalue weighted by atomic mass is 19.3. The van der Waals surface area contributed by atoms with Crippen LogP contribution in [0.2, 0.25) is 0 Å². The molecule has 0 atom stereocenters. The predicted octanol–water partition coefficient (Wildman–Crippen LogP) is 3.59. The standard InChI is InChI=1S/C20H25F2N3O2/c1-23-20(24-12-6-9-15-7-4-3-5-8-15)25-14-16-10-11-17(26-2)13-18(16)27-19(21)22/h3-5,7-8,10-11,13,19H,6,9,12,14H2,1-2H3,(H2,23,24,25). The number of aryl methyl sites for hydroxylation is 1. The monoisotopic (exact) mass is 377 g/mol. The Morgan fingerprint density at radius 2 is 1.89 bits per heavy atom. The topological polar surface area (TPSA) is 54.9 Å². The molecule has 0 amide bonds. The number of halogens is 2. The molecule has 0 aromatic heterocycles. The van der Waals surface area contributed by atoms with Crippen LogP contribution in [0.3, 0.4) is 0 Å². The lowest BCUT2D eigenvalue weighted by molar-refractivity contribution is -0.0505. The molecule has 0 fully saturated rings. The van der Waals surface area contributed by atoms with Crippen LogP contribution < -0.4 is 20.1 Å². The predicted molar refractivity (Wildman–Crippen MR) is 103 cm³/mol. The van der Waals surface area contributed by atoms with Gasteiger partial charge in [0.15, 0.2) is 5.96 Å². The van der Waals surface area contributed by atoms with E-state index in [1.54, 1.807) is 19.2 Å². The van der Waals surface area contributed by atoms with Crippen LogP contribution in [0.15, 0.2) is 53.5 Å². The fourth-order valence-corrected chi connectivity index (χ4v) is 2.56. The van der Waals surface area contributed by atoms with E-state index in [4.69, 9.17) is 4.74 Å². The van der Waals surface area contributed by atoms with Crippen LogP contribution in [0.4, 0.5) is 8.78 Å². The third-order valence-corrected chi connectivity index (χ3v) is 3.94. The van der Waals surface area contributed by atoms with Crippen molar-refractivity contribution in [3.8, 4) is 11.5 Å². The summed E-state index contributed by atoms with van der Waals surface area (Å²) in [5, 5.41) is 6.33. The van der Waals surface area contributed by atoms with Crippen molar-refractivity contribution in [1.29, 1.82) is 0 Å². The smallest absolute Gasteiger partial charge is 0.387 e. The lowest BCUT2D eigenvalue weighted by Gasteiger charge is -2.15. The van der Waals surface area contributed by atoms with Crippen LogP contribution in [0.1, 0.15) is 17.5 Å². The summed E-state index contributed by atoms with van der Waals surface area (Å²) in [4.78, 5) is 4.15. The molecule has 0 radical (unpaired) electrons. The molecule has 0 aliphatic rings. The van der Waals surface area contributed by atoms with Gasteiger partial charge in [0.25, 0.3) is 0 Å². The van der Waals surface area contributed by atoms with Crippen LogP contribution >= 0.6 is 0 Å². The summed E-state index contributed by atoms with van der Waals surface area (Å²) in [5.74, 6) is 1.14. The molecule has 0 saturated carbocycles. The summed E-state index contributed by atoms with van der Waals surface area (Å²) < 4.78 is 34.9. The van der Waals surface area contributed by atoms with Gasteiger partial charge in [0.2, 0.25) is 0 Å². The maximum Gasteiger partial charge on any atom is 0.387 e. The fourth-order valence-electron chi connectivity index (χ4n) is 2.56. The Hall–Kier alpha value is -2.83. The van der Waals surface area contributed by atoms with Gasteiger partial charge in [-0.3, -0.25) is 4.99 Å². The van der Waals surface area contributed by atoms with Gasteiger partial charge in [-0.1, -0.05) is 30.3 Å².